The van der Waals surface area contributed by atoms with E-state index in [9.17, 15) is 22.8 Å². The first-order valence-electron chi connectivity index (χ1n) is 12.1. The molecule has 1 unspecified atom stereocenters. The van der Waals surface area contributed by atoms with Gasteiger partial charge in [0, 0.05) is 24.8 Å². The van der Waals surface area contributed by atoms with Crippen LogP contribution < -0.4 is 10.9 Å². The Morgan fingerprint density at radius 3 is 2.66 bits per heavy atom. The molecule has 35 heavy (non-hydrogen) atoms. The van der Waals surface area contributed by atoms with Crippen LogP contribution in [0.2, 0.25) is 0 Å². The number of hydrogen-bond acceptors (Lipinski definition) is 3. The smallest absolute Gasteiger partial charge is 0.352 e. The van der Waals surface area contributed by atoms with Crippen molar-refractivity contribution in [3.63, 3.8) is 0 Å². The number of nitrogens with zero attached hydrogens (tertiary/aromatic N) is 2. The number of benzene rings is 2. The molecule has 0 aliphatic carbocycles. The Kier molecular flexibility index (Phi) is 7.60. The third-order valence-corrected chi connectivity index (χ3v) is 6.72. The summed E-state index contributed by atoms with van der Waals surface area (Å²) in [5.41, 5.74) is -1.10. The molecule has 1 aliphatic rings. The van der Waals surface area contributed by atoms with Crippen LogP contribution in [-0.4, -0.2) is 41.1 Å². The van der Waals surface area contributed by atoms with E-state index in [2.05, 4.69) is 17.1 Å². The molecule has 0 spiro atoms. The van der Waals surface area contributed by atoms with E-state index < -0.39 is 23.2 Å². The minimum absolute atomic E-state index is 0.0615. The number of rotatable bonds is 7. The van der Waals surface area contributed by atoms with Gasteiger partial charge in [0.2, 0.25) is 0 Å². The van der Waals surface area contributed by atoms with Gasteiger partial charge in [-0.25, -0.2) is 0 Å². The first-order valence-corrected chi connectivity index (χ1v) is 12.1. The molecule has 1 saturated heterocycles. The van der Waals surface area contributed by atoms with Gasteiger partial charge in [0.05, 0.1) is 11.1 Å². The van der Waals surface area contributed by atoms with Gasteiger partial charge in [-0.15, -0.1) is 0 Å². The fraction of sp³-hybridized carbons (Fsp3) is 0.407. The predicted molar refractivity (Wildman–Crippen MR) is 131 cm³/mol. The second-order valence-electron chi connectivity index (χ2n) is 9.01. The third kappa shape index (κ3) is 5.59. The number of alkyl halides is 3. The summed E-state index contributed by atoms with van der Waals surface area (Å²) >= 11 is 0. The highest BCUT2D eigenvalue weighted by Gasteiger charge is 2.31. The highest BCUT2D eigenvalue weighted by Crippen LogP contribution is 2.30. The molecule has 1 aliphatic heterocycles. The minimum Gasteiger partial charge on any atom is -0.352 e. The maximum Gasteiger partial charge on any atom is 0.416 e. The van der Waals surface area contributed by atoms with Crippen LogP contribution in [0.4, 0.5) is 13.2 Å². The monoisotopic (exact) mass is 485 g/mol. The lowest BCUT2D eigenvalue weighted by atomic mass is 10.00. The third-order valence-electron chi connectivity index (χ3n) is 6.72. The van der Waals surface area contributed by atoms with Crippen LogP contribution in [0.15, 0.2) is 59.4 Å². The van der Waals surface area contributed by atoms with E-state index in [1.807, 2.05) is 0 Å². The number of pyridine rings is 1. The molecular formula is C27H30F3N3O2. The summed E-state index contributed by atoms with van der Waals surface area (Å²) < 4.78 is 41.1. The number of halogens is 3. The summed E-state index contributed by atoms with van der Waals surface area (Å²) in [6, 6.07) is 13.5. The van der Waals surface area contributed by atoms with Gasteiger partial charge in [-0.2, -0.15) is 13.2 Å². The van der Waals surface area contributed by atoms with Crippen LogP contribution in [-0.2, 0) is 6.18 Å². The van der Waals surface area contributed by atoms with Crippen molar-refractivity contribution in [1.29, 1.82) is 0 Å². The van der Waals surface area contributed by atoms with E-state index in [1.54, 1.807) is 24.3 Å². The summed E-state index contributed by atoms with van der Waals surface area (Å²) in [7, 11) is 0. The van der Waals surface area contributed by atoms with Crippen LogP contribution in [0.25, 0.3) is 16.6 Å². The number of fused-ring (bicyclic) bond motifs is 1. The van der Waals surface area contributed by atoms with E-state index >= 15 is 0 Å². The van der Waals surface area contributed by atoms with E-state index in [4.69, 9.17) is 0 Å². The highest BCUT2D eigenvalue weighted by atomic mass is 19.4. The average Bonchev–Trinajstić information content (AvgIpc) is 2.86. The van der Waals surface area contributed by atoms with Gasteiger partial charge in [0.1, 0.15) is 5.56 Å². The molecule has 4 rings (SSSR count). The second-order valence-corrected chi connectivity index (χ2v) is 9.01. The molecule has 186 valence electrons. The zero-order valence-corrected chi connectivity index (χ0v) is 19.8. The molecule has 8 heteroatoms. The van der Waals surface area contributed by atoms with Crippen molar-refractivity contribution in [2.45, 2.75) is 51.2 Å². The molecule has 1 atom stereocenters. The van der Waals surface area contributed by atoms with Crippen molar-refractivity contribution < 1.29 is 18.0 Å². The summed E-state index contributed by atoms with van der Waals surface area (Å²) in [5, 5.41) is 3.42. The molecule has 1 N–H and O–H groups in total. The molecule has 0 radical (unpaired) electrons. The van der Waals surface area contributed by atoms with Crippen molar-refractivity contribution in [1.82, 2.24) is 14.8 Å². The molecule has 2 aromatic carbocycles. The number of amides is 1. The first-order chi connectivity index (χ1) is 16.8. The molecule has 2 heterocycles. The number of likely N-dealkylation sites (tertiary alicyclic amines) is 1. The fourth-order valence-corrected chi connectivity index (χ4v) is 4.90. The maximum atomic E-state index is 13.4. The SMILES string of the molecule is CCC1CCCCN1CCCNC(=O)c1cc2ccccc2n(-c2cccc(C(F)(F)F)c2)c1=O. The number of carbonyl (C=O) groups excluding carboxylic acids is 1. The number of hydrogen-bond donors (Lipinski definition) is 1. The van der Waals surface area contributed by atoms with Crippen molar-refractivity contribution >= 4 is 16.8 Å². The Bertz CT molecular complexity index is 1250. The lowest BCUT2D eigenvalue weighted by molar-refractivity contribution is -0.137. The lowest BCUT2D eigenvalue weighted by Crippen LogP contribution is -2.41. The average molecular weight is 486 g/mol. The zero-order chi connectivity index (χ0) is 25.0. The van der Waals surface area contributed by atoms with Crippen molar-refractivity contribution in [3.05, 3.63) is 76.1 Å². The zero-order valence-electron chi connectivity index (χ0n) is 19.8. The van der Waals surface area contributed by atoms with E-state index in [0.717, 1.165) is 38.1 Å². The highest BCUT2D eigenvalue weighted by molar-refractivity contribution is 5.97. The molecule has 1 fully saturated rings. The summed E-state index contributed by atoms with van der Waals surface area (Å²) in [6.45, 7) is 4.56. The Morgan fingerprint density at radius 2 is 1.89 bits per heavy atom. The number of nitrogens with one attached hydrogen (secondary N) is 1. The van der Waals surface area contributed by atoms with Gasteiger partial charge in [0.15, 0.2) is 0 Å². The van der Waals surface area contributed by atoms with Crippen molar-refractivity contribution in [2.24, 2.45) is 0 Å². The van der Waals surface area contributed by atoms with Crippen LogP contribution in [0, 0.1) is 0 Å². The van der Waals surface area contributed by atoms with Gasteiger partial charge in [-0.05, 0) is 67.9 Å². The van der Waals surface area contributed by atoms with Crippen LogP contribution in [0.5, 0.6) is 0 Å². The topological polar surface area (TPSA) is 54.3 Å². The largest absolute Gasteiger partial charge is 0.416 e. The molecule has 3 aromatic rings. The minimum atomic E-state index is -4.55. The van der Waals surface area contributed by atoms with E-state index in [1.165, 1.54) is 42.0 Å². The summed E-state index contributed by atoms with van der Waals surface area (Å²) in [6.07, 6.45) is 0.974. The van der Waals surface area contributed by atoms with Crippen molar-refractivity contribution in [3.8, 4) is 5.69 Å². The Morgan fingerprint density at radius 1 is 1.09 bits per heavy atom. The standard InChI is InChI=1S/C27H30F3N3O2/c1-2-21-11-5-6-15-32(21)16-8-14-31-25(34)23-17-19-9-3-4-13-24(19)33(26(23)35)22-12-7-10-20(18-22)27(28,29)30/h3-4,7,9-10,12-13,17-18,21H,2,5-6,8,11,14-16H2,1H3,(H,31,34). The molecule has 1 amide bonds. The number of aromatic nitrogens is 1. The summed E-state index contributed by atoms with van der Waals surface area (Å²) in [5.74, 6) is -0.521. The van der Waals surface area contributed by atoms with Gasteiger partial charge >= 0.3 is 6.18 Å². The Hall–Kier alpha value is -3.13. The van der Waals surface area contributed by atoms with Gasteiger partial charge in [-0.1, -0.05) is 37.6 Å². The maximum absolute atomic E-state index is 13.4. The molecular weight excluding hydrogens is 455 g/mol. The first kappa shape index (κ1) is 25.0. The normalized spacial score (nSPS) is 17.0. The number of piperidine rings is 1. The predicted octanol–water partition coefficient (Wildman–Crippen LogP) is 5.39. The van der Waals surface area contributed by atoms with Crippen LogP contribution >= 0.6 is 0 Å². The van der Waals surface area contributed by atoms with Crippen LogP contribution in [0.1, 0.15) is 54.9 Å². The van der Waals surface area contributed by atoms with Gasteiger partial charge in [0.25, 0.3) is 11.5 Å². The Labute approximate surface area is 202 Å². The quantitative estimate of drug-likeness (QED) is 0.457. The number of carbonyl (C=O) groups is 1. The molecule has 1 aromatic heterocycles. The van der Waals surface area contributed by atoms with E-state index in [-0.39, 0.29) is 11.3 Å². The Balaban J connectivity index is 1.58. The second kappa shape index (κ2) is 10.6. The molecule has 5 nitrogen and oxygen atoms in total. The van der Waals surface area contributed by atoms with Crippen molar-refractivity contribution in [2.75, 3.05) is 19.6 Å². The van der Waals surface area contributed by atoms with Gasteiger partial charge in [-0.3, -0.25) is 14.2 Å². The molecule has 0 bridgehead atoms. The summed E-state index contributed by atoms with van der Waals surface area (Å²) in [4.78, 5) is 28.8. The lowest BCUT2D eigenvalue weighted by Gasteiger charge is -2.35. The molecule has 0 saturated carbocycles. The fourth-order valence-electron chi connectivity index (χ4n) is 4.90. The van der Waals surface area contributed by atoms with E-state index in [0.29, 0.717) is 23.5 Å². The number of para-hydroxylation sites is 1. The van der Waals surface area contributed by atoms with Crippen LogP contribution in [0.3, 0.4) is 0 Å². The van der Waals surface area contributed by atoms with Gasteiger partial charge < -0.3 is 10.2 Å².